The van der Waals surface area contributed by atoms with Gasteiger partial charge in [-0.15, -0.1) is 6.58 Å². The van der Waals surface area contributed by atoms with Crippen LogP contribution in [0.2, 0.25) is 0 Å². The molecule has 0 radical (unpaired) electrons. The zero-order valence-corrected chi connectivity index (χ0v) is 8.90. The van der Waals surface area contributed by atoms with E-state index in [9.17, 15) is 5.11 Å². The lowest BCUT2D eigenvalue weighted by Crippen LogP contribution is -2.30. The number of hydrogen-bond donors (Lipinski definition) is 1. The Bertz CT molecular complexity index is 287. The first-order valence-corrected chi connectivity index (χ1v) is 5.01. The van der Waals surface area contributed by atoms with Gasteiger partial charge in [-0.2, -0.15) is 0 Å². The fourth-order valence-electron chi connectivity index (χ4n) is 1.63. The highest BCUT2D eigenvalue weighted by Crippen LogP contribution is 2.31. The predicted octanol–water partition coefficient (Wildman–Crippen LogP) is 3.12. The maximum Gasteiger partial charge on any atom is 0.0719 e. The molecule has 0 heterocycles. The topological polar surface area (TPSA) is 20.2 Å². The van der Waals surface area contributed by atoms with Gasteiger partial charge in [0.2, 0.25) is 0 Å². The highest BCUT2D eigenvalue weighted by Gasteiger charge is 2.28. The molecule has 0 aliphatic rings. The molecule has 0 saturated carbocycles. The molecule has 14 heavy (non-hydrogen) atoms. The van der Waals surface area contributed by atoms with E-state index in [0.29, 0.717) is 0 Å². The first-order chi connectivity index (χ1) is 6.61. The third kappa shape index (κ3) is 2.24. The monoisotopic (exact) mass is 190 g/mol. The summed E-state index contributed by atoms with van der Waals surface area (Å²) in [5.41, 5.74) is 0.415. The summed E-state index contributed by atoms with van der Waals surface area (Å²) in [4.78, 5) is 0. The molecule has 0 amide bonds. The van der Waals surface area contributed by atoms with Gasteiger partial charge in [0.15, 0.2) is 0 Å². The normalized spacial score (nSPS) is 17.1. The number of hydrogen-bond acceptors (Lipinski definition) is 1. The zero-order valence-electron chi connectivity index (χ0n) is 8.90. The van der Waals surface area contributed by atoms with Gasteiger partial charge in [-0.25, -0.2) is 0 Å². The van der Waals surface area contributed by atoms with E-state index < -0.39 is 5.60 Å². The summed E-state index contributed by atoms with van der Waals surface area (Å²) in [6, 6.07) is 9.99. The Morgan fingerprint density at radius 1 is 1.43 bits per heavy atom. The first kappa shape index (κ1) is 11.0. The highest BCUT2D eigenvalue weighted by molar-refractivity contribution is 5.26. The molecule has 0 aliphatic heterocycles. The van der Waals surface area contributed by atoms with Crippen LogP contribution in [0.4, 0.5) is 0 Å². The Hall–Kier alpha value is -1.08. The van der Waals surface area contributed by atoms with Gasteiger partial charge in [0.05, 0.1) is 5.60 Å². The lowest BCUT2D eigenvalue weighted by Gasteiger charge is -2.30. The van der Waals surface area contributed by atoms with Crippen LogP contribution in [0.15, 0.2) is 43.0 Å². The van der Waals surface area contributed by atoms with Crippen molar-refractivity contribution in [2.75, 3.05) is 0 Å². The van der Waals surface area contributed by atoms with Crippen molar-refractivity contribution in [3.05, 3.63) is 48.6 Å². The average Bonchev–Trinajstić information content (AvgIpc) is 2.20. The minimum Gasteiger partial charge on any atom is -0.389 e. The smallest absolute Gasteiger partial charge is 0.0719 e. The third-order valence-electron chi connectivity index (χ3n) is 2.78. The van der Waals surface area contributed by atoms with Gasteiger partial charge in [0.1, 0.15) is 0 Å². The minimum atomic E-state index is -0.705. The van der Waals surface area contributed by atoms with Crippen LogP contribution in [-0.2, 0) is 0 Å². The van der Waals surface area contributed by atoms with E-state index in [1.807, 2.05) is 50.3 Å². The van der Waals surface area contributed by atoms with E-state index >= 15 is 0 Å². The maximum atomic E-state index is 10.2. The summed E-state index contributed by atoms with van der Waals surface area (Å²) in [7, 11) is 0. The van der Waals surface area contributed by atoms with Crippen LogP contribution >= 0.6 is 0 Å². The lowest BCUT2D eigenvalue weighted by molar-refractivity contribution is 0.0412. The van der Waals surface area contributed by atoms with Crippen molar-refractivity contribution in [3.8, 4) is 0 Å². The fourth-order valence-corrected chi connectivity index (χ4v) is 1.63. The molecular weight excluding hydrogens is 172 g/mol. The van der Waals surface area contributed by atoms with Crippen molar-refractivity contribution in [1.82, 2.24) is 0 Å². The molecule has 1 aromatic carbocycles. The van der Waals surface area contributed by atoms with Crippen molar-refractivity contribution in [1.29, 1.82) is 0 Å². The maximum absolute atomic E-state index is 10.2. The molecule has 1 rings (SSSR count). The number of aliphatic hydroxyl groups is 1. The van der Waals surface area contributed by atoms with Crippen molar-refractivity contribution >= 4 is 0 Å². The Kier molecular flexibility index (Phi) is 3.48. The quantitative estimate of drug-likeness (QED) is 0.723. The van der Waals surface area contributed by atoms with Gasteiger partial charge in [0, 0.05) is 5.92 Å². The van der Waals surface area contributed by atoms with E-state index in [-0.39, 0.29) is 5.92 Å². The molecule has 0 aromatic heterocycles. The van der Waals surface area contributed by atoms with Crippen molar-refractivity contribution in [2.24, 2.45) is 0 Å². The summed E-state index contributed by atoms with van der Waals surface area (Å²) < 4.78 is 0. The third-order valence-corrected chi connectivity index (χ3v) is 2.78. The SMILES string of the molecule is C=C[C@H](c1ccccc1)[C@](C)(O)CC. The summed E-state index contributed by atoms with van der Waals surface area (Å²) in [6.45, 7) is 7.63. The zero-order chi connectivity index (χ0) is 10.6. The second-order valence-corrected chi connectivity index (χ2v) is 3.83. The highest BCUT2D eigenvalue weighted by atomic mass is 16.3. The van der Waals surface area contributed by atoms with E-state index in [1.165, 1.54) is 0 Å². The fraction of sp³-hybridized carbons (Fsp3) is 0.385. The van der Waals surface area contributed by atoms with Gasteiger partial charge in [-0.3, -0.25) is 0 Å². The minimum absolute atomic E-state index is 0.00806. The van der Waals surface area contributed by atoms with Crippen LogP contribution in [-0.4, -0.2) is 10.7 Å². The van der Waals surface area contributed by atoms with E-state index in [2.05, 4.69) is 6.58 Å². The average molecular weight is 190 g/mol. The Balaban J connectivity index is 2.99. The summed E-state index contributed by atoms with van der Waals surface area (Å²) >= 11 is 0. The van der Waals surface area contributed by atoms with E-state index in [1.54, 1.807) is 0 Å². The molecule has 76 valence electrons. The molecule has 1 aromatic rings. The van der Waals surface area contributed by atoms with Gasteiger partial charge < -0.3 is 5.11 Å². The molecular formula is C13H18O. The van der Waals surface area contributed by atoms with Crippen LogP contribution in [0.5, 0.6) is 0 Å². The van der Waals surface area contributed by atoms with Gasteiger partial charge in [0.25, 0.3) is 0 Å². The summed E-state index contributed by atoms with van der Waals surface area (Å²) in [6.07, 6.45) is 2.54. The Morgan fingerprint density at radius 3 is 2.43 bits per heavy atom. The molecule has 0 fully saturated rings. The number of rotatable bonds is 4. The molecule has 2 atom stereocenters. The van der Waals surface area contributed by atoms with Gasteiger partial charge >= 0.3 is 0 Å². The van der Waals surface area contributed by atoms with Crippen molar-refractivity contribution in [3.63, 3.8) is 0 Å². The molecule has 0 bridgehead atoms. The van der Waals surface area contributed by atoms with Gasteiger partial charge in [-0.05, 0) is 18.9 Å². The van der Waals surface area contributed by atoms with E-state index in [0.717, 1.165) is 12.0 Å². The van der Waals surface area contributed by atoms with E-state index in [4.69, 9.17) is 0 Å². The molecule has 1 N–H and O–H groups in total. The van der Waals surface area contributed by atoms with Gasteiger partial charge in [-0.1, -0.05) is 43.3 Å². The summed E-state index contributed by atoms with van der Waals surface area (Å²) in [5.74, 6) is 0.00806. The second-order valence-electron chi connectivity index (χ2n) is 3.83. The largest absolute Gasteiger partial charge is 0.389 e. The van der Waals surface area contributed by atoms with Crippen molar-refractivity contribution in [2.45, 2.75) is 31.8 Å². The number of benzene rings is 1. The van der Waals surface area contributed by atoms with Crippen LogP contribution < -0.4 is 0 Å². The van der Waals surface area contributed by atoms with Crippen LogP contribution in [0.25, 0.3) is 0 Å². The molecule has 0 saturated heterocycles. The first-order valence-electron chi connectivity index (χ1n) is 5.01. The second kappa shape index (κ2) is 4.43. The molecule has 0 aliphatic carbocycles. The van der Waals surface area contributed by atoms with Crippen LogP contribution in [0, 0.1) is 0 Å². The standard InChI is InChI=1S/C13H18O/c1-4-12(13(3,14)5-2)11-9-7-6-8-10-11/h4,6-10,12,14H,1,5H2,2-3H3/t12-,13-/m1/s1. The summed E-state index contributed by atoms with van der Waals surface area (Å²) in [5, 5.41) is 10.2. The molecule has 1 nitrogen and oxygen atoms in total. The molecule has 0 spiro atoms. The predicted molar refractivity (Wildman–Crippen MR) is 60.3 cm³/mol. The lowest BCUT2D eigenvalue weighted by atomic mass is 9.82. The Morgan fingerprint density at radius 2 is 2.00 bits per heavy atom. The van der Waals surface area contributed by atoms with Crippen LogP contribution in [0.1, 0.15) is 31.7 Å². The Labute approximate surface area is 86.1 Å². The van der Waals surface area contributed by atoms with Crippen LogP contribution in [0.3, 0.4) is 0 Å². The molecule has 0 unspecified atom stereocenters. The molecule has 1 heteroatoms. The van der Waals surface area contributed by atoms with Crippen molar-refractivity contribution < 1.29 is 5.11 Å².